The van der Waals surface area contributed by atoms with Crippen molar-refractivity contribution >= 4 is 23.9 Å². The summed E-state index contributed by atoms with van der Waals surface area (Å²) in [7, 11) is 0. The lowest BCUT2D eigenvalue weighted by Crippen LogP contribution is -2.60. The molecule has 1 aliphatic rings. The van der Waals surface area contributed by atoms with Crippen molar-refractivity contribution in [3.63, 3.8) is 0 Å². The Morgan fingerprint density at radius 1 is 0.760 bits per heavy atom. The van der Waals surface area contributed by atoms with Crippen molar-refractivity contribution in [1.29, 1.82) is 0 Å². The largest absolute Gasteiger partial charge is 0.463 e. The fraction of sp³-hybridized carbons (Fsp3) is 0.733. The predicted molar refractivity (Wildman–Crippen MR) is 77.9 cm³/mol. The van der Waals surface area contributed by atoms with E-state index in [1.54, 1.807) is 0 Å². The second-order valence-corrected chi connectivity index (χ2v) is 5.41. The standard InChI is InChI=1S/C15H21FO9/c1-7(17)21-5-11-14(23-9(3)19)13(16)15(24-10(4)20)12(25-11)6-22-8(2)18/h11-15H,5-6H2,1-4H3/t11-,12?,13?,14?,15+/m0/s1. The van der Waals surface area contributed by atoms with Crippen LogP contribution < -0.4 is 0 Å². The summed E-state index contributed by atoms with van der Waals surface area (Å²) < 4.78 is 39.8. The zero-order chi connectivity index (χ0) is 19.1. The van der Waals surface area contributed by atoms with Crippen molar-refractivity contribution in [2.75, 3.05) is 13.2 Å². The lowest BCUT2D eigenvalue weighted by atomic mass is 9.96. The molecule has 10 heteroatoms. The first kappa shape index (κ1) is 20.8. The van der Waals surface area contributed by atoms with Crippen LogP contribution in [0.25, 0.3) is 0 Å². The average Bonchev–Trinajstić information content (AvgIpc) is 2.48. The normalized spacial score (nSPS) is 28.6. The van der Waals surface area contributed by atoms with Crippen molar-refractivity contribution in [3.8, 4) is 0 Å². The van der Waals surface area contributed by atoms with Crippen LogP contribution >= 0.6 is 0 Å². The van der Waals surface area contributed by atoms with Gasteiger partial charge in [-0.25, -0.2) is 4.39 Å². The maximum Gasteiger partial charge on any atom is 0.303 e. The Balaban J connectivity index is 3.02. The van der Waals surface area contributed by atoms with Crippen LogP contribution in [0.2, 0.25) is 0 Å². The first-order valence-corrected chi connectivity index (χ1v) is 7.52. The molecule has 0 aliphatic carbocycles. The van der Waals surface area contributed by atoms with E-state index in [1.165, 1.54) is 0 Å². The summed E-state index contributed by atoms with van der Waals surface area (Å²) in [6.07, 6.45) is -7.21. The summed E-state index contributed by atoms with van der Waals surface area (Å²) >= 11 is 0. The van der Waals surface area contributed by atoms with E-state index in [9.17, 15) is 23.6 Å². The summed E-state index contributed by atoms with van der Waals surface area (Å²) in [5.74, 6) is -2.85. The zero-order valence-electron chi connectivity index (χ0n) is 14.4. The Bertz CT molecular complexity index is 473. The summed E-state index contributed by atoms with van der Waals surface area (Å²) in [6.45, 7) is 3.65. The van der Waals surface area contributed by atoms with Crippen molar-refractivity contribution < 1.29 is 47.3 Å². The van der Waals surface area contributed by atoms with Gasteiger partial charge in [-0.15, -0.1) is 0 Å². The van der Waals surface area contributed by atoms with Gasteiger partial charge in [-0.1, -0.05) is 0 Å². The summed E-state index contributed by atoms with van der Waals surface area (Å²) in [6, 6.07) is 0. The molecule has 0 aromatic rings. The number of halogens is 1. The molecule has 0 saturated carbocycles. The molecule has 1 heterocycles. The quantitative estimate of drug-likeness (QED) is 0.477. The van der Waals surface area contributed by atoms with Gasteiger partial charge in [-0.3, -0.25) is 19.2 Å². The van der Waals surface area contributed by atoms with Gasteiger partial charge in [-0.05, 0) is 0 Å². The first-order chi connectivity index (χ1) is 11.6. The lowest BCUT2D eigenvalue weighted by Gasteiger charge is -2.41. The topological polar surface area (TPSA) is 114 Å². The second kappa shape index (κ2) is 9.30. The average molecular weight is 364 g/mol. The minimum absolute atomic E-state index is 0.392. The summed E-state index contributed by atoms with van der Waals surface area (Å²) in [4.78, 5) is 44.4. The maximum absolute atomic E-state index is 14.9. The van der Waals surface area contributed by atoms with Crippen LogP contribution in [-0.4, -0.2) is 67.7 Å². The molecular weight excluding hydrogens is 343 g/mol. The lowest BCUT2D eigenvalue weighted by molar-refractivity contribution is -0.240. The highest BCUT2D eigenvalue weighted by atomic mass is 19.1. The van der Waals surface area contributed by atoms with Crippen molar-refractivity contribution in [2.24, 2.45) is 0 Å². The minimum Gasteiger partial charge on any atom is -0.463 e. The Hall–Kier alpha value is -2.23. The SMILES string of the molecule is CC(=O)OCC1O[C@@H](COC(C)=O)C(OC(C)=O)C(F)[C@@H]1OC(C)=O. The van der Waals surface area contributed by atoms with Crippen molar-refractivity contribution in [3.05, 3.63) is 0 Å². The smallest absolute Gasteiger partial charge is 0.303 e. The number of esters is 4. The fourth-order valence-electron chi connectivity index (χ4n) is 2.31. The van der Waals surface area contributed by atoms with E-state index >= 15 is 0 Å². The van der Waals surface area contributed by atoms with E-state index in [-0.39, 0.29) is 0 Å². The highest BCUT2D eigenvalue weighted by molar-refractivity contribution is 5.67. The van der Waals surface area contributed by atoms with E-state index in [0.29, 0.717) is 0 Å². The van der Waals surface area contributed by atoms with Gasteiger partial charge in [0, 0.05) is 27.7 Å². The van der Waals surface area contributed by atoms with Gasteiger partial charge in [0.15, 0.2) is 18.4 Å². The van der Waals surface area contributed by atoms with Gasteiger partial charge >= 0.3 is 23.9 Å². The van der Waals surface area contributed by atoms with Crippen LogP contribution in [0.3, 0.4) is 0 Å². The first-order valence-electron chi connectivity index (χ1n) is 7.52. The molecule has 1 aliphatic heterocycles. The minimum atomic E-state index is -1.97. The highest BCUT2D eigenvalue weighted by Crippen LogP contribution is 2.29. The Labute approximate surface area is 143 Å². The van der Waals surface area contributed by atoms with E-state index in [1.807, 2.05) is 0 Å². The predicted octanol–water partition coefficient (Wildman–Crippen LogP) is 0.0815. The molecule has 5 atom stereocenters. The number of rotatable bonds is 6. The van der Waals surface area contributed by atoms with Crippen molar-refractivity contribution in [2.45, 2.75) is 58.3 Å². The summed E-state index contributed by atoms with van der Waals surface area (Å²) in [5, 5.41) is 0. The van der Waals surface area contributed by atoms with Gasteiger partial charge in [0.25, 0.3) is 0 Å². The molecule has 0 bridgehead atoms. The van der Waals surface area contributed by atoms with Crippen LogP contribution in [0.4, 0.5) is 4.39 Å². The van der Waals surface area contributed by atoms with Crippen LogP contribution in [0.15, 0.2) is 0 Å². The number of carbonyl (C=O) groups excluding carboxylic acids is 4. The van der Waals surface area contributed by atoms with Gasteiger partial charge in [0.1, 0.15) is 25.4 Å². The van der Waals surface area contributed by atoms with E-state index < -0.39 is 67.7 Å². The van der Waals surface area contributed by atoms with Crippen LogP contribution in [0, 0.1) is 0 Å². The Kier molecular flexibility index (Phi) is 7.75. The van der Waals surface area contributed by atoms with Crippen molar-refractivity contribution in [1.82, 2.24) is 0 Å². The third-order valence-corrected chi connectivity index (χ3v) is 3.22. The van der Waals surface area contributed by atoms with Crippen LogP contribution in [0.1, 0.15) is 27.7 Å². The van der Waals surface area contributed by atoms with Gasteiger partial charge in [-0.2, -0.15) is 0 Å². The van der Waals surface area contributed by atoms with Gasteiger partial charge in [0.2, 0.25) is 0 Å². The van der Waals surface area contributed by atoms with E-state index in [0.717, 1.165) is 27.7 Å². The third-order valence-electron chi connectivity index (χ3n) is 3.22. The second-order valence-electron chi connectivity index (χ2n) is 5.41. The monoisotopic (exact) mass is 364 g/mol. The molecule has 25 heavy (non-hydrogen) atoms. The molecule has 142 valence electrons. The molecular formula is C15H21FO9. The molecule has 0 aromatic heterocycles. The van der Waals surface area contributed by atoms with Crippen LogP contribution in [0.5, 0.6) is 0 Å². The Morgan fingerprint density at radius 3 is 1.40 bits per heavy atom. The number of ether oxygens (including phenoxy) is 5. The molecule has 1 saturated heterocycles. The van der Waals surface area contributed by atoms with E-state index in [4.69, 9.17) is 23.7 Å². The van der Waals surface area contributed by atoms with Gasteiger partial charge < -0.3 is 23.7 Å². The molecule has 0 radical (unpaired) electrons. The molecule has 0 aromatic carbocycles. The fourth-order valence-corrected chi connectivity index (χ4v) is 2.31. The molecule has 1 rings (SSSR count). The molecule has 1 fully saturated rings. The van der Waals surface area contributed by atoms with E-state index in [2.05, 4.69) is 0 Å². The number of hydrogen-bond donors (Lipinski definition) is 0. The number of carbonyl (C=O) groups is 4. The Morgan fingerprint density at radius 2 is 1.12 bits per heavy atom. The zero-order valence-corrected chi connectivity index (χ0v) is 14.4. The summed E-state index contributed by atoms with van der Waals surface area (Å²) in [5.41, 5.74) is 0. The molecule has 3 unspecified atom stereocenters. The number of alkyl halides is 1. The molecule has 0 amide bonds. The van der Waals surface area contributed by atoms with Gasteiger partial charge in [0.05, 0.1) is 0 Å². The third kappa shape index (κ3) is 6.65. The molecule has 0 spiro atoms. The highest BCUT2D eigenvalue weighted by Gasteiger charge is 2.50. The number of hydrogen-bond acceptors (Lipinski definition) is 9. The molecule has 9 nitrogen and oxygen atoms in total. The maximum atomic E-state index is 14.9. The van der Waals surface area contributed by atoms with Crippen LogP contribution in [-0.2, 0) is 42.9 Å². The molecule has 0 N–H and O–H groups in total.